The van der Waals surface area contributed by atoms with Gasteiger partial charge < -0.3 is 0 Å². The number of hydrogen-bond acceptors (Lipinski definition) is 3. The van der Waals surface area contributed by atoms with Crippen molar-refractivity contribution in [3.05, 3.63) is 35.4 Å². The molecule has 0 unspecified atom stereocenters. The largest absolute Gasteiger partial charge is 0.268 e. The molecule has 0 aromatic heterocycles. The molecule has 0 bridgehead atoms. The highest BCUT2D eigenvalue weighted by molar-refractivity contribution is 7.90. The van der Waals surface area contributed by atoms with Crippen molar-refractivity contribution >= 4 is 15.9 Å². The maximum Gasteiger partial charge on any atom is 0.264 e. The van der Waals surface area contributed by atoms with Gasteiger partial charge in [-0.3, -0.25) is 4.79 Å². The average Bonchev–Trinajstić information content (AvgIpc) is 2.17. The van der Waals surface area contributed by atoms with Gasteiger partial charge in [-0.05, 0) is 25.5 Å². The van der Waals surface area contributed by atoms with E-state index in [1.54, 1.807) is 31.2 Å². The summed E-state index contributed by atoms with van der Waals surface area (Å²) >= 11 is 0. The van der Waals surface area contributed by atoms with Crippen molar-refractivity contribution in [1.29, 1.82) is 0 Å². The van der Waals surface area contributed by atoms with Crippen LogP contribution >= 0.6 is 0 Å². The highest BCUT2D eigenvalue weighted by atomic mass is 32.2. The van der Waals surface area contributed by atoms with Gasteiger partial charge in [-0.2, -0.15) is 0 Å². The monoisotopic (exact) mass is 227 g/mol. The van der Waals surface area contributed by atoms with Crippen molar-refractivity contribution in [3.63, 3.8) is 0 Å². The van der Waals surface area contributed by atoms with Crippen LogP contribution in [0.4, 0.5) is 0 Å². The Hall–Kier alpha value is -1.36. The first-order valence-corrected chi connectivity index (χ1v) is 6.22. The molecule has 0 saturated carbocycles. The number of rotatable bonds is 3. The SMILES string of the molecule is CCS(=O)(=O)NC(=O)c1ccccc1C. The number of nitrogens with one attached hydrogen (secondary N) is 1. The minimum Gasteiger partial charge on any atom is -0.268 e. The minimum absolute atomic E-state index is 0.107. The molecule has 1 aromatic rings. The molecule has 15 heavy (non-hydrogen) atoms. The van der Waals surface area contributed by atoms with Crippen molar-refractivity contribution < 1.29 is 13.2 Å². The Morgan fingerprint density at radius 3 is 2.47 bits per heavy atom. The van der Waals surface area contributed by atoms with Gasteiger partial charge in [0.2, 0.25) is 10.0 Å². The molecule has 1 rings (SSSR count). The molecule has 0 aliphatic heterocycles. The highest BCUT2D eigenvalue weighted by Crippen LogP contribution is 2.06. The van der Waals surface area contributed by atoms with Crippen LogP contribution in [0.25, 0.3) is 0 Å². The van der Waals surface area contributed by atoms with Crippen LogP contribution in [0.1, 0.15) is 22.8 Å². The van der Waals surface area contributed by atoms with E-state index in [2.05, 4.69) is 0 Å². The molecule has 4 nitrogen and oxygen atoms in total. The molecule has 1 amide bonds. The highest BCUT2D eigenvalue weighted by Gasteiger charge is 2.14. The van der Waals surface area contributed by atoms with E-state index in [4.69, 9.17) is 0 Å². The van der Waals surface area contributed by atoms with Gasteiger partial charge in [0.15, 0.2) is 0 Å². The van der Waals surface area contributed by atoms with E-state index in [0.29, 0.717) is 5.56 Å². The third kappa shape index (κ3) is 3.06. The smallest absolute Gasteiger partial charge is 0.264 e. The number of amides is 1. The zero-order valence-electron chi connectivity index (χ0n) is 8.65. The van der Waals surface area contributed by atoms with Gasteiger partial charge in [-0.25, -0.2) is 13.1 Å². The molecule has 1 N–H and O–H groups in total. The van der Waals surface area contributed by atoms with Crippen LogP contribution in [0.5, 0.6) is 0 Å². The Balaban J connectivity index is 2.93. The third-order valence-corrected chi connectivity index (χ3v) is 3.27. The fourth-order valence-corrected chi connectivity index (χ4v) is 1.63. The molecular formula is C10H13NO3S. The summed E-state index contributed by atoms with van der Waals surface area (Å²) in [7, 11) is -3.48. The summed E-state index contributed by atoms with van der Waals surface area (Å²) in [5.74, 6) is -0.681. The van der Waals surface area contributed by atoms with Crippen molar-refractivity contribution in [2.75, 3.05) is 5.75 Å². The Morgan fingerprint density at radius 2 is 1.93 bits per heavy atom. The Bertz CT molecular complexity index is 465. The lowest BCUT2D eigenvalue weighted by Crippen LogP contribution is -2.32. The third-order valence-electron chi connectivity index (χ3n) is 2.02. The molecule has 0 saturated heterocycles. The lowest BCUT2D eigenvalue weighted by molar-refractivity contribution is 0.0981. The van der Waals surface area contributed by atoms with Crippen LogP contribution in [0.2, 0.25) is 0 Å². The van der Waals surface area contributed by atoms with E-state index in [9.17, 15) is 13.2 Å². The molecule has 0 aliphatic carbocycles. The topological polar surface area (TPSA) is 63.2 Å². The second-order valence-electron chi connectivity index (χ2n) is 3.15. The molecule has 0 radical (unpaired) electrons. The fourth-order valence-electron chi connectivity index (χ4n) is 1.10. The summed E-state index contributed by atoms with van der Waals surface area (Å²) in [4.78, 5) is 11.5. The molecule has 0 heterocycles. The van der Waals surface area contributed by atoms with Crippen molar-refractivity contribution in [1.82, 2.24) is 4.72 Å². The number of carbonyl (C=O) groups is 1. The van der Waals surface area contributed by atoms with Crippen LogP contribution in [-0.2, 0) is 10.0 Å². The molecular weight excluding hydrogens is 214 g/mol. The van der Waals surface area contributed by atoms with Gasteiger partial charge in [0, 0.05) is 5.56 Å². The fraction of sp³-hybridized carbons (Fsp3) is 0.300. The summed E-state index contributed by atoms with van der Waals surface area (Å²) in [5, 5.41) is 0. The standard InChI is InChI=1S/C10H13NO3S/c1-3-15(13,14)11-10(12)9-7-5-4-6-8(9)2/h4-7H,3H2,1-2H3,(H,11,12). The van der Waals surface area contributed by atoms with E-state index in [0.717, 1.165) is 5.56 Å². The summed E-state index contributed by atoms with van der Waals surface area (Å²) < 4.78 is 24.3. The van der Waals surface area contributed by atoms with E-state index < -0.39 is 15.9 Å². The van der Waals surface area contributed by atoms with Crippen molar-refractivity contribution in [2.24, 2.45) is 0 Å². The van der Waals surface area contributed by atoms with E-state index >= 15 is 0 Å². The van der Waals surface area contributed by atoms with Crippen molar-refractivity contribution in [2.45, 2.75) is 13.8 Å². The number of benzene rings is 1. The van der Waals surface area contributed by atoms with E-state index in [1.165, 1.54) is 6.92 Å². The number of hydrogen-bond donors (Lipinski definition) is 1. The Labute approximate surface area is 89.4 Å². The molecule has 82 valence electrons. The van der Waals surface area contributed by atoms with Crippen LogP contribution < -0.4 is 4.72 Å². The molecule has 0 spiro atoms. The van der Waals surface area contributed by atoms with Gasteiger partial charge in [-0.15, -0.1) is 0 Å². The van der Waals surface area contributed by atoms with Crippen molar-refractivity contribution in [3.8, 4) is 0 Å². The van der Waals surface area contributed by atoms with Gasteiger partial charge in [0.25, 0.3) is 5.91 Å². The van der Waals surface area contributed by atoms with Gasteiger partial charge >= 0.3 is 0 Å². The zero-order chi connectivity index (χ0) is 11.5. The first-order chi connectivity index (χ1) is 6.96. The molecule has 5 heteroatoms. The van der Waals surface area contributed by atoms with E-state index in [1.807, 2.05) is 4.72 Å². The second-order valence-corrected chi connectivity index (χ2v) is 5.16. The number of sulfonamides is 1. The first kappa shape index (κ1) is 11.7. The summed E-state index contributed by atoms with van der Waals surface area (Å²) in [6.45, 7) is 3.24. The maximum atomic E-state index is 11.5. The minimum atomic E-state index is -3.48. The quantitative estimate of drug-likeness (QED) is 0.840. The molecule has 0 atom stereocenters. The number of aryl methyl sites for hydroxylation is 1. The predicted molar refractivity (Wildman–Crippen MR) is 58.1 cm³/mol. The number of carbonyl (C=O) groups excluding carboxylic acids is 1. The first-order valence-electron chi connectivity index (χ1n) is 4.56. The molecule has 0 fully saturated rings. The lowest BCUT2D eigenvalue weighted by Gasteiger charge is -2.06. The zero-order valence-corrected chi connectivity index (χ0v) is 9.47. The Morgan fingerprint density at radius 1 is 1.33 bits per heavy atom. The molecule has 0 aliphatic rings. The molecule has 1 aromatic carbocycles. The van der Waals surface area contributed by atoms with Crippen LogP contribution in [0, 0.1) is 6.92 Å². The predicted octanol–water partition coefficient (Wildman–Crippen LogP) is 1.07. The van der Waals surface area contributed by atoms with Crippen LogP contribution in [0.15, 0.2) is 24.3 Å². The van der Waals surface area contributed by atoms with Gasteiger partial charge in [0.05, 0.1) is 5.75 Å². The summed E-state index contributed by atoms with van der Waals surface area (Å²) in [5.41, 5.74) is 1.14. The van der Waals surface area contributed by atoms with Crippen LogP contribution in [0.3, 0.4) is 0 Å². The lowest BCUT2D eigenvalue weighted by atomic mass is 10.1. The second kappa shape index (κ2) is 4.44. The van der Waals surface area contributed by atoms with Crippen LogP contribution in [-0.4, -0.2) is 20.1 Å². The summed E-state index contributed by atoms with van der Waals surface area (Å²) in [6.07, 6.45) is 0. The maximum absolute atomic E-state index is 11.5. The van der Waals surface area contributed by atoms with Gasteiger partial charge in [0.1, 0.15) is 0 Å². The van der Waals surface area contributed by atoms with Gasteiger partial charge in [-0.1, -0.05) is 18.2 Å². The summed E-state index contributed by atoms with van der Waals surface area (Å²) in [6, 6.07) is 6.84. The average molecular weight is 227 g/mol. The Kier molecular flexibility index (Phi) is 3.47. The normalized spacial score (nSPS) is 11.1. The van der Waals surface area contributed by atoms with E-state index in [-0.39, 0.29) is 5.75 Å².